The van der Waals surface area contributed by atoms with Crippen LogP contribution in [0.15, 0.2) is 0 Å². The molecule has 0 aromatic carbocycles. The number of aromatic nitrogens is 2. The van der Waals surface area contributed by atoms with E-state index >= 15 is 0 Å². The molecule has 2 heterocycles. The zero-order valence-electron chi connectivity index (χ0n) is 10.6. The molecular formula is C13H23N3. The number of nitrogens with zero attached hydrogens (tertiary/aromatic N) is 1. The predicted octanol–water partition coefficient (Wildman–Crippen LogP) is 2.25. The maximum atomic E-state index is 4.76. The molecule has 1 aromatic rings. The van der Waals surface area contributed by atoms with Crippen LogP contribution in [0.5, 0.6) is 0 Å². The molecule has 1 fully saturated rings. The molecule has 0 spiro atoms. The fraction of sp³-hybridized carbons (Fsp3) is 0.769. The van der Waals surface area contributed by atoms with Crippen molar-refractivity contribution in [3.05, 3.63) is 17.2 Å². The molecule has 3 nitrogen and oxygen atoms in total. The topological polar surface area (TPSA) is 40.7 Å². The van der Waals surface area contributed by atoms with E-state index in [4.69, 9.17) is 4.98 Å². The van der Waals surface area contributed by atoms with Gasteiger partial charge in [-0.1, -0.05) is 20.8 Å². The summed E-state index contributed by atoms with van der Waals surface area (Å²) in [6.45, 7) is 8.95. The summed E-state index contributed by atoms with van der Waals surface area (Å²) < 4.78 is 0. The van der Waals surface area contributed by atoms with E-state index in [0.717, 1.165) is 25.3 Å². The summed E-state index contributed by atoms with van der Waals surface area (Å²) >= 11 is 0. The van der Waals surface area contributed by atoms with Crippen molar-refractivity contribution in [2.75, 3.05) is 13.1 Å². The molecule has 1 aliphatic rings. The first-order chi connectivity index (χ1) is 7.70. The number of hydrogen-bond acceptors (Lipinski definition) is 2. The molecule has 1 saturated heterocycles. The van der Waals surface area contributed by atoms with E-state index in [-0.39, 0.29) is 0 Å². The molecule has 1 aliphatic heterocycles. The van der Waals surface area contributed by atoms with Crippen LogP contribution in [0, 0.1) is 5.92 Å². The van der Waals surface area contributed by atoms with Crippen LogP contribution in [0.3, 0.4) is 0 Å². The minimum absolute atomic E-state index is 0.529. The van der Waals surface area contributed by atoms with Gasteiger partial charge in [0, 0.05) is 12.1 Å². The fourth-order valence-electron chi connectivity index (χ4n) is 2.48. The number of aromatic amines is 1. The maximum absolute atomic E-state index is 4.76. The lowest BCUT2D eigenvalue weighted by Gasteiger charge is -2.04. The number of rotatable bonds is 4. The van der Waals surface area contributed by atoms with Crippen molar-refractivity contribution < 1.29 is 0 Å². The molecule has 0 amide bonds. The van der Waals surface area contributed by atoms with E-state index in [1.807, 2.05) is 0 Å². The van der Waals surface area contributed by atoms with Crippen LogP contribution in [0.4, 0.5) is 0 Å². The molecule has 1 unspecified atom stereocenters. The summed E-state index contributed by atoms with van der Waals surface area (Å²) in [6.07, 6.45) is 3.45. The molecule has 3 heteroatoms. The Bertz CT molecular complexity index is 335. The first kappa shape index (κ1) is 11.6. The van der Waals surface area contributed by atoms with E-state index in [9.17, 15) is 0 Å². The van der Waals surface area contributed by atoms with Gasteiger partial charge in [0.2, 0.25) is 0 Å². The molecular weight excluding hydrogens is 198 g/mol. The van der Waals surface area contributed by atoms with Gasteiger partial charge in [0.15, 0.2) is 0 Å². The standard InChI is InChI=1S/C13H23N3/c1-4-11-13(9(2)3)16-12(15-11)7-10-5-6-14-8-10/h9-10,14H,4-8H2,1-3H3,(H,15,16). The number of H-pyrrole nitrogens is 1. The van der Waals surface area contributed by atoms with E-state index in [0.29, 0.717) is 5.92 Å². The van der Waals surface area contributed by atoms with E-state index in [2.05, 4.69) is 31.1 Å². The highest BCUT2D eigenvalue weighted by atomic mass is 15.0. The number of hydrogen-bond donors (Lipinski definition) is 2. The lowest BCUT2D eigenvalue weighted by atomic mass is 10.1. The van der Waals surface area contributed by atoms with Crippen LogP contribution >= 0.6 is 0 Å². The summed E-state index contributed by atoms with van der Waals surface area (Å²) in [6, 6.07) is 0. The normalized spacial score (nSPS) is 20.9. The molecule has 2 N–H and O–H groups in total. The minimum Gasteiger partial charge on any atom is -0.346 e. The average molecular weight is 221 g/mol. The quantitative estimate of drug-likeness (QED) is 0.818. The first-order valence-electron chi connectivity index (χ1n) is 6.49. The van der Waals surface area contributed by atoms with E-state index in [1.54, 1.807) is 0 Å². The molecule has 2 rings (SSSR count). The van der Waals surface area contributed by atoms with Gasteiger partial charge in [-0.05, 0) is 37.8 Å². The number of aryl methyl sites for hydroxylation is 1. The third-order valence-electron chi connectivity index (χ3n) is 3.40. The maximum Gasteiger partial charge on any atom is 0.106 e. The Hall–Kier alpha value is -0.830. The van der Waals surface area contributed by atoms with Crippen LogP contribution in [0.2, 0.25) is 0 Å². The highest BCUT2D eigenvalue weighted by Gasteiger charge is 2.18. The average Bonchev–Trinajstić information content (AvgIpc) is 2.87. The second-order valence-corrected chi connectivity index (χ2v) is 5.12. The van der Waals surface area contributed by atoms with Crippen molar-refractivity contribution in [1.82, 2.24) is 15.3 Å². The van der Waals surface area contributed by atoms with Crippen LogP contribution in [0.25, 0.3) is 0 Å². The predicted molar refractivity (Wildman–Crippen MR) is 66.7 cm³/mol. The minimum atomic E-state index is 0.529. The van der Waals surface area contributed by atoms with Crippen molar-refractivity contribution in [1.29, 1.82) is 0 Å². The lowest BCUT2D eigenvalue weighted by Crippen LogP contribution is -2.11. The zero-order chi connectivity index (χ0) is 11.5. The Morgan fingerprint density at radius 3 is 2.75 bits per heavy atom. The summed E-state index contributed by atoms with van der Waals surface area (Å²) in [5.41, 5.74) is 2.60. The Balaban J connectivity index is 2.09. The molecule has 1 atom stereocenters. The van der Waals surface area contributed by atoms with Crippen molar-refractivity contribution in [3.8, 4) is 0 Å². The Morgan fingerprint density at radius 2 is 2.25 bits per heavy atom. The third kappa shape index (κ3) is 2.46. The van der Waals surface area contributed by atoms with E-state index in [1.165, 1.54) is 30.2 Å². The van der Waals surface area contributed by atoms with Crippen molar-refractivity contribution in [2.45, 2.75) is 46.0 Å². The Labute approximate surface area is 98.1 Å². The largest absolute Gasteiger partial charge is 0.346 e. The summed E-state index contributed by atoms with van der Waals surface area (Å²) in [5.74, 6) is 2.49. The smallest absolute Gasteiger partial charge is 0.106 e. The molecule has 90 valence electrons. The number of imidazole rings is 1. The zero-order valence-corrected chi connectivity index (χ0v) is 10.6. The highest BCUT2D eigenvalue weighted by Crippen LogP contribution is 2.20. The Kier molecular flexibility index (Phi) is 3.64. The monoisotopic (exact) mass is 221 g/mol. The SMILES string of the molecule is CCc1[nH]c(CC2CCNC2)nc1C(C)C. The summed E-state index contributed by atoms with van der Waals surface area (Å²) in [7, 11) is 0. The van der Waals surface area contributed by atoms with Gasteiger partial charge in [-0.2, -0.15) is 0 Å². The highest BCUT2D eigenvalue weighted by molar-refractivity contribution is 5.18. The second-order valence-electron chi connectivity index (χ2n) is 5.12. The second kappa shape index (κ2) is 5.00. The molecule has 1 aromatic heterocycles. The molecule has 16 heavy (non-hydrogen) atoms. The van der Waals surface area contributed by atoms with Crippen molar-refractivity contribution in [2.24, 2.45) is 5.92 Å². The van der Waals surface area contributed by atoms with Crippen LogP contribution in [0.1, 0.15) is 50.3 Å². The van der Waals surface area contributed by atoms with Crippen LogP contribution in [-0.2, 0) is 12.8 Å². The Morgan fingerprint density at radius 1 is 1.44 bits per heavy atom. The van der Waals surface area contributed by atoms with Gasteiger partial charge in [0.1, 0.15) is 5.82 Å². The van der Waals surface area contributed by atoms with Crippen LogP contribution < -0.4 is 5.32 Å². The first-order valence-corrected chi connectivity index (χ1v) is 6.49. The molecule has 0 radical (unpaired) electrons. The van der Waals surface area contributed by atoms with Gasteiger partial charge in [-0.15, -0.1) is 0 Å². The fourth-order valence-corrected chi connectivity index (χ4v) is 2.48. The van der Waals surface area contributed by atoms with Gasteiger partial charge in [-0.25, -0.2) is 4.98 Å². The van der Waals surface area contributed by atoms with Crippen molar-refractivity contribution in [3.63, 3.8) is 0 Å². The van der Waals surface area contributed by atoms with Gasteiger partial charge in [0.05, 0.1) is 5.69 Å². The molecule has 0 saturated carbocycles. The lowest BCUT2D eigenvalue weighted by molar-refractivity contribution is 0.563. The van der Waals surface area contributed by atoms with Gasteiger partial charge < -0.3 is 10.3 Å². The summed E-state index contributed by atoms with van der Waals surface area (Å²) in [5, 5.41) is 3.41. The van der Waals surface area contributed by atoms with E-state index < -0.39 is 0 Å². The third-order valence-corrected chi connectivity index (χ3v) is 3.40. The molecule has 0 bridgehead atoms. The van der Waals surface area contributed by atoms with Gasteiger partial charge in [-0.3, -0.25) is 0 Å². The van der Waals surface area contributed by atoms with Gasteiger partial charge >= 0.3 is 0 Å². The van der Waals surface area contributed by atoms with Crippen LogP contribution in [-0.4, -0.2) is 23.1 Å². The van der Waals surface area contributed by atoms with Gasteiger partial charge in [0.25, 0.3) is 0 Å². The summed E-state index contributed by atoms with van der Waals surface area (Å²) in [4.78, 5) is 8.26. The molecule has 0 aliphatic carbocycles. The number of nitrogens with one attached hydrogen (secondary N) is 2. The van der Waals surface area contributed by atoms with Crippen molar-refractivity contribution >= 4 is 0 Å².